The van der Waals surface area contributed by atoms with Gasteiger partial charge in [-0.3, -0.25) is 4.79 Å². The van der Waals surface area contributed by atoms with Crippen LogP contribution in [0.1, 0.15) is 21.6 Å². The molecule has 0 fully saturated rings. The van der Waals surface area contributed by atoms with Crippen LogP contribution in [-0.4, -0.2) is 10.9 Å². The maximum atomic E-state index is 11.5. The van der Waals surface area contributed by atoms with E-state index in [1.165, 1.54) is 0 Å². The third kappa shape index (κ3) is 2.99. The van der Waals surface area contributed by atoms with Crippen molar-refractivity contribution in [2.75, 3.05) is 0 Å². The van der Waals surface area contributed by atoms with Gasteiger partial charge < -0.3 is 15.5 Å². The molecule has 0 saturated heterocycles. The summed E-state index contributed by atoms with van der Waals surface area (Å²) >= 11 is 0. The van der Waals surface area contributed by atoms with Crippen molar-refractivity contribution in [1.29, 1.82) is 5.26 Å². The van der Waals surface area contributed by atoms with Crippen LogP contribution in [0.4, 0.5) is 0 Å². The van der Waals surface area contributed by atoms with Crippen molar-refractivity contribution in [2.24, 2.45) is 5.73 Å². The minimum Gasteiger partial charge on any atom is -0.457 e. The van der Waals surface area contributed by atoms with E-state index >= 15 is 0 Å². The third-order valence-electron chi connectivity index (χ3n) is 3.65. The predicted octanol–water partition coefficient (Wildman–Crippen LogP) is 3.75. The summed E-state index contributed by atoms with van der Waals surface area (Å²) in [4.78, 5) is 14.6. The fraction of sp³-hybridized carbons (Fsp3) is 0.0526. The molecule has 1 heterocycles. The smallest absolute Gasteiger partial charge is 0.250 e. The summed E-state index contributed by atoms with van der Waals surface area (Å²) < 4.78 is 5.93. The Morgan fingerprint density at radius 1 is 1.17 bits per heavy atom. The number of rotatable bonds is 4. The molecular formula is C19H15N3O2. The van der Waals surface area contributed by atoms with Gasteiger partial charge in [0.2, 0.25) is 0 Å². The molecule has 3 rings (SSSR count). The third-order valence-corrected chi connectivity index (χ3v) is 3.65. The average molecular weight is 317 g/mol. The molecule has 0 radical (unpaired) electrons. The lowest BCUT2D eigenvalue weighted by Crippen LogP contribution is -2.10. The van der Waals surface area contributed by atoms with E-state index in [1.54, 1.807) is 37.3 Å². The number of nitrogens with zero attached hydrogens (tertiary/aromatic N) is 1. The molecule has 5 heteroatoms. The summed E-state index contributed by atoms with van der Waals surface area (Å²) in [5.74, 6) is 0.708. The van der Waals surface area contributed by atoms with Gasteiger partial charge >= 0.3 is 0 Å². The minimum atomic E-state index is -0.477. The number of nitrogens with two attached hydrogens (primary N) is 1. The van der Waals surface area contributed by atoms with Gasteiger partial charge in [-0.05, 0) is 43.3 Å². The molecule has 0 atom stereocenters. The Bertz CT molecular complexity index is 951. The van der Waals surface area contributed by atoms with Gasteiger partial charge in [0.25, 0.3) is 5.91 Å². The second kappa shape index (κ2) is 6.31. The van der Waals surface area contributed by atoms with E-state index in [1.807, 2.05) is 24.3 Å². The molecule has 0 aliphatic carbocycles. The number of amides is 1. The molecule has 0 aliphatic rings. The van der Waals surface area contributed by atoms with E-state index in [0.717, 1.165) is 11.3 Å². The molecule has 1 amide bonds. The number of nitriles is 1. The molecule has 0 unspecified atom stereocenters. The molecule has 1 aromatic heterocycles. The minimum absolute atomic E-state index is 0.450. The molecule has 3 aromatic rings. The van der Waals surface area contributed by atoms with E-state index in [-0.39, 0.29) is 0 Å². The maximum absolute atomic E-state index is 11.5. The number of para-hydroxylation sites is 1. The Labute approximate surface area is 139 Å². The second-order valence-electron chi connectivity index (χ2n) is 5.32. The Balaban J connectivity index is 2.01. The molecule has 0 saturated carbocycles. The number of hydrogen-bond donors (Lipinski definition) is 2. The first-order valence-corrected chi connectivity index (χ1v) is 7.35. The summed E-state index contributed by atoms with van der Waals surface area (Å²) in [5, 5.41) is 8.99. The molecule has 24 heavy (non-hydrogen) atoms. The number of carbonyl (C=O) groups is 1. The number of aryl methyl sites for hydroxylation is 1. The van der Waals surface area contributed by atoms with E-state index < -0.39 is 5.91 Å². The second-order valence-corrected chi connectivity index (χ2v) is 5.32. The molecule has 0 aliphatic heterocycles. The summed E-state index contributed by atoms with van der Waals surface area (Å²) in [6.45, 7) is 1.80. The average Bonchev–Trinajstić information content (AvgIpc) is 2.97. The van der Waals surface area contributed by atoms with Crippen LogP contribution in [0.2, 0.25) is 0 Å². The van der Waals surface area contributed by atoms with Crippen molar-refractivity contribution in [2.45, 2.75) is 6.92 Å². The summed E-state index contributed by atoms with van der Waals surface area (Å²) in [6.07, 6.45) is 0. The highest BCUT2D eigenvalue weighted by Gasteiger charge is 2.14. The van der Waals surface area contributed by atoms with Gasteiger partial charge in [0.15, 0.2) is 0 Å². The number of primary amides is 1. The number of aromatic amines is 1. The zero-order valence-corrected chi connectivity index (χ0v) is 13.0. The Morgan fingerprint density at radius 3 is 2.67 bits per heavy atom. The number of H-pyrrole nitrogens is 1. The molecule has 5 nitrogen and oxygen atoms in total. The van der Waals surface area contributed by atoms with Crippen molar-refractivity contribution in [3.63, 3.8) is 0 Å². The normalized spacial score (nSPS) is 10.2. The van der Waals surface area contributed by atoms with Crippen molar-refractivity contribution < 1.29 is 9.53 Å². The van der Waals surface area contributed by atoms with Crippen molar-refractivity contribution in [3.8, 4) is 28.8 Å². The lowest BCUT2D eigenvalue weighted by molar-refractivity contribution is 0.1000. The number of carbonyl (C=O) groups excluding carboxylic acids is 1. The zero-order valence-electron chi connectivity index (χ0n) is 13.0. The van der Waals surface area contributed by atoms with Crippen LogP contribution in [0.5, 0.6) is 11.5 Å². The zero-order chi connectivity index (χ0) is 17.1. The van der Waals surface area contributed by atoms with Gasteiger partial charge in [-0.15, -0.1) is 0 Å². The largest absolute Gasteiger partial charge is 0.457 e. The van der Waals surface area contributed by atoms with E-state index in [4.69, 9.17) is 15.7 Å². The van der Waals surface area contributed by atoms with Crippen LogP contribution in [0, 0.1) is 18.3 Å². The number of aromatic nitrogens is 1. The first-order valence-electron chi connectivity index (χ1n) is 7.35. The van der Waals surface area contributed by atoms with Crippen molar-refractivity contribution in [3.05, 3.63) is 71.4 Å². The van der Waals surface area contributed by atoms with Crippen LogP contribution in [0.15, 0.2) is 54.6 Å². The first kappa shape index (κ1) is 15.4. The standard InChI is InChI=1S/C19H15N3O2/c1-12-16(19(21)23)10-17(22-12)15-7-2-3-8-18(15)24-14-6-4-5-13(9-14)11-20/h2-10,22H,1H3,(H2,21,23). The first-order chi connectivity index (χ1) is 11.6. The number of benzene rings is 2. The molecular weight excluding hydrogens is 302 g/mol. The summed E-state index contributed by atoms with van der Waals surface area (Å²) in [5.41, 5.74) is 8.61. The monoisotopic (exact) mass is 317 g/mol. The SMILES string of the molecule is Cc1[nH]c(-c2ccccc2Oc2cccc(C#N)c2)cc1C(N)=O. The fourth-order valence-corrected chi connectivity index (χ4v) is 2.49. The number of nitrogens with one attached hydrogen (secondary N) is 1. The molecule has 118 valence electrons. The Morgan fingerprint density at radius 2 is 1.96 bits per heavy atom. The van der Waals surface area contributed by atoms with Gasteiger partial charge in [0, 0.05) is 11.3 Å². The predicted molar refractivity (Wildman–Crippen MR) is 90.7 cm³/mol. The van der Waals surface area contributed by atoms with Crippen molar-refractivity contribution >= 4 is 5.91 Å². The van der Waals surface area contributed by atoms with Crippen LogP contribution < -0.4 is 10.5 Å². The quantitative estimate of drug-likeness (QED) is 0.767. The van der Waals surface area contributed by atoms with Gasteiger partial charge in [-0.25, -0.2) is 0 Å². The van der Waals surface area contributed by atoms with Gasteiger partial charge in [-0.2, -0.15) is 5.26 Å². The molecule has 0 spiro atoms. The van der Waals surface area contributed by atoms with Crippen LogP contribution >= 0.6 is 0 Å². The maximum Gasteiger partial charge on any atom is 0.250 e. The number of hydrogen-bond acceptors (Lipinski definition) is 3. The molecule has 3 N–H and O–H groups in total. The van der Waals surface area contributed by atoms with E-state index in [0.29, 0.717) is 28.3 Å². The number of ether oxygens (including phenoxy) is 1. The summed E-state index contributed by atoms with van der Waals surface area (Å²) in [6, 6.07) is 18.2. The van der Waals surface area contributed by atoms with Gasteiger partial charge in [0.1, 0.15) is 11.5 Å². The molecule has 0 bridgehead atoms. The summed E-state index contributed by atoms with van der Waals surface area (Å²) in [7, 11) is 0. The highest BCUT2D eigenvalue weighted by Crippen LogP contribution is 2.33. The topological polar surface area (TPSA) is 91.9 Å². The van der Waals surface area contributed by atoms with Crippen LogP contribution in [0.25, 0.3) is 11.3 Å². The van der Waals surface area contributed by atoms with E-state index in [9.17, 15) is 4.79 Å². The van der Waals surface area contributed by atoms with Crippen molar-refractivity contribution in [1.82, 2.24) is 4.98 Å². The lowest BCUT2D eigenvalue weighted by Gasteiger charge is -2.10. The fourth-order valence-electron chi connectivity index (χ4n) is 2.49. The van der Waals surface area contributed by atoms with E-state index in [2.05, 4.69) is 11.1 Å². The van der Waals surface area contributed by atoms with Gasteiger partial charge in [0.05, 0.1) is 22.9 Å². The highest BCUT2D eigenvalue weighted by atomic mass is 16.5. The van der Waals surface area contributed by atoms with Crippen LogP contribution in [0.3, 0.4) is 0 Å². The highest BCUT2D eigenvalue weighted by molar-refractivity contribution is 5.95. The Hall–Kier alpha value is -3.52. The Kier molecular flexibility index (Phi) is 4.04. The van der Waals surface area contributed by atoms with Gasteiger partial charge in [-0.1, -0.05) is 18.2 Å². The van der Waals surface area contributed by atoms with Crippen LogP contribution in [-0.2, 0) is 0 Å². The lowest BCUT2D eigenvalue weighted by atomic mass is 10.1. The molecule has 2 aromatic carbocycles.